The van der Waals surface area contributed by atoms with Crippen LogP contribution in [0.15, 0.2) is 0 Å². The van der Waals surface area contributed by atoms with Crippen molar-refractivity contribution >= 4 is 5.71 Å². The lowest BCUT2D eigenvalue weighted by molar-refractivity contribution is -0.638. The smallest absolute Gasteiger partial charge is 0.114 e. The SMILES string of the molecule is CC[NH2+]CC(C)=N. The third-order valence-electron chi connectivity index (χ3n) is 0.739. The predicted molar refractivity (Wildman–Crippen MR) is 30.7 cm³/mol. The van der Waals surface area contributed by atoms with Gasteiger partial charge in [-0.3, -0.25) is 0 Å². The van der Waals surface area contributed by atoms with E-state index in [-0.39, 0.29) is 0 Å². The van der Waals surface area contributed by atoms with Crippen LogP contribution < -0.4 is 5.32 Å². The van der Waals surface area contributed by atoms with E-state index in [1.165, 1.54) is 0 Å². The Morgan fingerprint density at radius 1 is 1.71 bits per heavy atom. The summed E-state index contributed by atoms with van der Waals surface area (Å²) in [6.07, 6.45) is 0. The van der Waals surface area contributed by atoms with Crippen molar-refractivity contribution in [3.05, 3.63) is 0 Å². The lowest BCUT2D eigenvalue weighted by Gasteiger charge is -1.91. The lowest BCUT2D eigenvalue weighted by atomic mass is 10.4. The zero-order valence-corrected chi connectivity index (χ0v) is 4.99. The molecule has 0 aliphatic carbocycles. The topological polar surface area (TPSA) is 40.5 Å². The van der Waals surface area contributed by atoms with Gasteiger partial charge in [-0.25, -0.2) is 0 Å². The first kappa shape index (κ1) is 6.63. The third kappa shape index (κ3) is 5.63. The maximum atomic E-state index is 6.97. The number of nitrogens with two attached hydrogens (primary N) is 1. The van der Waals surface area contributed by atoms with E-state index in [0.29, 0.717) is 0 Å². The van der Waals surface area contributed by atoms with Gasteiger partial charge >= 0.3 is 0 Å². The molecule has 2 heteroatoms. The van der Waals surface area contributed by atoms with Gasteiger partial charge in [0.15, 0.2) is 0 Å². The molecule has 0 heterocycles. The zero-order chi connectivity index (χ0) is 5.70. The molecular formula is C5H13N2+. The van der Waals surface area contributed by atoms with E-state index in [2.05, 4.69) is 12.2 Å². The van der Waals surface area contributed by atoms with Crippen molar-refractivity contribution in [1.29, 1.82) is 5.41 Å². The van der Waals surface area contributed by atoms with Crippen LogP contribution in [0.1, 0.15) is 13.8 Å². The fourth-order valence-electron chi connectivity index (χ4n) is 0.361. The molecule has 2 nitrogen and oxygen atoms in total. The van der Waals surface area contributed by atoms with E-state index in [1.54, 1.807) is 0 Å². The predicted octanol–water partition coefficient (Wildman–Crippen LogP) is -0.391. The summed E-state index contributed by atoms with van der Waals surface area (Å²) in [4.78, 5) is 0. The van der Waals surface area contributed by atoms with Crippen molar-refractivity contribution in [3.63, 3.8) is 0 Å². The minimum Gasteiger partial charge on any atom is -0.342 e. The lowest BCUT2D eigenvalue weighted by Crippen LogP contribution is -2.85. The van der Waals surface area contributed by atoms with E-state index >= 15 is 0 Å². The molecule has 7 heavy (non-hydrogen) atoms. The van der Waals surface area contributed by atoms with Crippen molar-refractivity contribution in [1.82, 2.24) is 0 Å². The molecule has 0 aromatic rings. The van der Waals surface area contributed by atoms with Gasteiger partial charge in [0.05, 0.1) is 12.3 Å². The fraction of sp³-hybridized carbons (Fsp3) is 0.800. The highest BCUT2D eigenvalue weighted by molar-refractivity contribution is 5.79. The molecule has 0 unspecified atom stereocenters. The molecule has 0 aromatic carbocycles. The van der Waals surface area contributed by atoms with Crippen molar-refractivity contribution in [3.8, 4) is 0 Å². The summed E-state index contributed by atoms with van der Waals surface area (Å²) < 4.78 is 0. The normalized spacial score (nSPS) is 8.86. The van der Waals surface area contributed by atoms with Gasteiger partial charge in [-0.05, 0) is 13.8 Å². The van der Waals surface area contributed by atoms with Crippen LogP contribution in [-0.4, -0.2) is 18.8 Å². The molecule has 42 valence electrons. The van der Waals surface area contributed by atoms with Crippen LogP contribution >= 0.6 is 0 Å². The molecule has 0 saturated carbocycles. The number of nitrogens with one attached hydrogen (secondary N) is 1. The van der Waals surface area contributed by atoms with Gasteiger partial charge in [0, 0.05) is 0 Å². The third-order valence-corrected chi connectivity index (χ3v) is 0.739. The first-order valence-corrected chi connectivity index (χ1v) is 2.63. The van der Waals surface area contributed by atoms with Gasteiger partial charge in [-0.15, -0.1) is 0 Å². The monoisotopic (exact) mass is 101 g/mol. The van der Waals surface area contributed by atoms with Crippen molar-refractivity contribution in [2.75, 3.05) is 13.1 Å². The molecule has 0 atom stereocenters. The first-order valence-electron chi connectivity index (χ1n) is 2.63. The Balaban J connectivity index is 2.82. The van der Waals surface area contributed by atoms with Crippen LogP contribution in [0.2, 0.25) is 0 Å². The van der Waals surface area contributed by atoms with Crippen molar-refractivity contribution < 1.29 is 5.32 Å². The van der Waals surface area contributed by atoms with Crippen LogP contribution in [0.3, 0.4) is 0 Å². The van der Waals surface area contributed by atoms with Crippen LogP contribution in [0, 0.1) is 5.41 Å². The Bertz CT molecular complexity index is 59.1. The fourth-order valence-corrected chi connectivity index (χ4v) is 0.361. The van der Waals surface area contributed by atoms with Crippen molar-refractivity contribution in [2.24, 2.45) is 0 Å². The quantitative estimate of drug-likeness (QED) is 0.455. The summed E-state index contributed by atoms with van der Waals surface area (Å²) in [6.45, 7) is 5.85. The summed E-state index contributed by atoms with van der Waals surface area (Å²) >= 11 is 0. The molecule has 0 aromatic heterocycles. The van der Waals surface area contributed by atoms with E-state index < -0.39 is 0 Å². The first-order chi connectivity index (χ1) is 3.27. The van der Waals surface area contributed by atoms with Gasteiger partial charge in [0.2, 0.25) is 0 Å². The molecule has 0 radical (unpaired) electrons. The standard InChI is InChI=1S/C5H12N2/c1-3-7-4-5(2)6/h6-7H,3-4H2,1-2H3/p+1. The van der Waals surface area contributed by atoms with E-state index in [9.17, 15) is 0 Å². The second kappa shape index (κ2) is 3.81. The number of hydrogen-bond donors (Lipinski definition) is 2. The Kier molecular flexibility index (Phi) is 3.61. The van der Waals surface area contributed by atoms with Crippen LogP contribution in [0.25, 0.3) is 0 Å². The molecular weight excluding hydrogens is 88.1 g/mol. The minimum absolute atomic E-state index is 0.752. The summed E-state index contributed by atoms with van der Waals surface area (Å²) in [5, 5.41) is 9.07. The van der Waals surface area contributed by atoms with Gasteiger partial charge in [-0.1, -0.05) is 0 Å². The van der Waals surface area contributed by atoms with Crippen molar-refractivity contribution in [2.45, 2.75) is 13.8 Å². The molecule has 0 rings (SSSR count). The number of quaternary nitrogens is 1. The van der Waals surface area contributed by atoms with Crippen LogP contribution in [-0.2, 0) is 0 Å². The van der Waals surface area contributed by atoms with E-state index in [0.717, 1.165) is 18.8 Å². The molecule has 0 bridgehead atoms. The van der Waals surface area contributed by atoms with Gasteiger partial charge in [0.25, 0.3) is 0 Å². The zero-order valence-electron chi connectivity index (χ0n) is 4.99. The highest BCUT2D eigenvalue weighted by Gasteiger charge is 1.84. The molecule has 0 aliphatic heterocycles. The van der Waals surface area contributed by atoms with Gasteiger partial charge in [-0.2, -0.15) is 0 Å². The largest absolute Gasteiger partial charge is 0.342 e. The van der Waals surface area contributed by atoms with Gasteiger partial charge in [0.1, 0.15) is 6.54 Å². The Morgan fingerprint density at radius 2 is 2.29 bits per heavy atom. The minimum atomic E-state index is 0.752. The molecule has 3 N–H and O–H groups in total. The maximum absolute atomic E-state index is 6.97. The van der Waals surface area contributed by atoms with E-state index in [1.807, 2.05) is 6.92 Å². The van der Waals surface area contributed by atoms with E-state index in [4.69, 9.17) is 5.41 Å². The second-order valence-corrected chi connectivity index (χ2v) is 1.68. The number of hydrogen-bond acceptors (Lipinski definition) is 1. The van der Waals surface area contributed by atoms with Crippen LogP contribution in [0.5, 0.6) is 0 Å². The highest BCUT2D eigenvalue weighted by atomic mass is 14.8. The molecule has 0 spiro atoms. The average Bonchev–Trinajstić information content (AvgIpc) is 1.61. The molecule has 0 saturated heterocycles. The second-order valence-electron chi connectivity index (χ2n) is 1.68. The summed E-state index contributed by atoms with van der Waals surface area (Å²) in [6, 6.07) is 0. The molecule has 0 fully saturated rings. The molecule has 0 aliphatic rings. The molecule has 0 amide bonds. The average molecular weight is 101 g/mol. The maximum Gasteiger partial charge on any atom is 0.114 e. The Labute approximate surface area is 44.4 Å². The Hall–Kier alpha value is -0.370. The van der Waals surface area contributed by atoms with Gasteiger partial charge < -0.3 is 10.7 Å². The summed E-state index contributed by atoms with van der Waals surface area (Å²) in [7, 11) is 0. The van der Waals surface area contributed by atoms with Crippen LogP contribution in [0.4, 0.5) is 0 Å². The highest BCUT2D eigenvalue weighted by Crippen LogP contribution is 1.54. The number of rotatable bonds is 3. The summed E-state index contributed by atoms with van der Waals surface area (Å²) in [5.74, 6) is 0. The Morgan fingerprint density at radius 3 is 2.43 bits per heavy atom. The summed E-state index contributed by atoms with van der Waals surface area (Å²) in [5.41, 5.74) is 0.752.